The first kappa shape index (κ1) is 11.2. The minimum Gasteiger partial charge on any atom is -0.480 e. The largest absolute Gasteiger partial charge is 0.480 e. The van der Waals surface area contributed by atoms with Crippen LogP contribution in [0.25, 0.3) is 0 Å². The van der Waals surface area contributed by atoms with Gasteiger partial charge in [-0.3, -0.25) is 9.59 Å². The molecule has 1 amide bonds. The van der Waals surface area contributed by atoms with E-state index in [1.807, 2.05) is 0 Å². The fraction of sp³-hybridized carbons (Fsp3) is 0.273. The molecule has 0 bridgehead atoms. The lowest BCUT2D eigenvalue weighted by Gasteiger charge is -2.21. The quantitative estimate of drug-likeness (QED) is 0.707. The molecule has 4 heteroatoms. The fourth-order valence-corrected chi connectivity index (χ4v) is 1.36. The average Bonchev–Trinajstić information content (AvgIpc) is 2.32. The van der Waals surface area contributed by atoms with Crippen molar-refractivity contribution in [2.45, 2.75) is 12.8 Å². The highest BCUT2D eigenvalue weighted by atomic mass is 16.4. The predicted octanol–water partition coefficient (Wildman–Crippen LogP) is 1.32. The number of amides is 1. The summed E-state index contributed by atoms with van der Waals surface area (Å²) in [7, 11) is 0. The molecule has 1 N–H and O–H groups in total. The minimum absolute atomic E-state index is 0.195. The second-order valence-electron chi connectivity index (χ2n) is 3.16. The van der Waals surface area contributed by atoms with Gasteiger partial charge in [0.15, 0.2) is 0 Å². The Labute approximate surface area is 88.2 Å². The summed E-state index contributed by atoms with van der Waals surface area (Å²) in [5.41, 5.74) is 0.672. The predicted molar refractivity (Wildman–Crippen MR) is 56.0 cm³/mol. The van der Waals surface area contributed by atoms with Crippen molar-refractivity contribution in [2.24, 2.45) is 0 Å². The summed E-state index contributed by atoms with van der Waals surface area (Å²) in [6.45, 7) is 3.28. The molecule has 1 aliphatic heterocycles. The number of hydrogen-bond donors (Lipinski definition) is 1. The fourth-order valence-electron chi connectivity index (χ4n) is 1.36. The molecule has 0 spiro atoms. The molecule has 0 aromatic heterocycles. The zero-order valence-corrected chi connectivity index (χ0v) is 8.35. The number of allylic oxidation sites excluding steroid dienone is 3. The Balaban J connectivity index is 2.88. The van der Waals surface area contributed by atoms with E-state index in [0.29, 0.717) is 12.1 Å². The second-order valence-corrected chi connectivity index (χ2v) is 3.16. The summed E-state index contributed by atoms with van der Waals surface area (Å²) in [6.07, 6.45) is 7.60. The number of carboxylic acids is 1. The third-order valence-electron chi connectivity index (χ3n) is 2.01. The van der Waals surface area contributed by atoms with Gasteiger partial charge in [-0.1, -0.05) is 18.2 Å². The number of aliphatic carboxylic acids is 1. The molecule has 0 fully saturated rings. The Kier molecular flexibility index (Phi) is 3.85. The summed E-state index contributed by atoms with van der Waals surface area (Å²) < 4.78 is 0. The maximum Gasteiger partial charge on any atom is 0.323 e. The monoisotopic (exact) mass is 207 g/mol. The SMILES string of the molecule is C=CCC1=CC=CCC(=O)N1CC(=O)O. The van der Waals surface area contributed by atoms with E-state index in [9.17, 15) is 9.59 Å². The normalized spacial score (nSPS) is 15.9. The highest BCUT2D eigenvalue weighted by Crippen LogP contribution is 2.15. The first-order valence-corrected chi connectivity index (χ1v) is 4.64. The highest BCUT2D eigenvalue weighted by Gasteiger charge is 2.19. The van der Waals surface area contributed by atoms with Gasteiger partial charge in [0.25, 0.3) is 0 Å². The first-order valence-electron chi connectivity index (χ1n) is 4.64. The molecule has 0 aromatic rings. The van der Waals surface area contributed by atoms with Gasteiger partial charge in [-0.25, -0.2) is 0 Å². The van der Waals surface area contributed by atoms with E-state index in [4.69, 9.17) is 5.11 Å². The maximum absolute atomic E-state index is 11.6. The highest BCUT2D eigenvalue weighted by molar-refractivity contribution is 5.84. The topological polar surface area (TPSA) is 57.6 Å². The van der Waals surface area contributed by atoms with Crippen molar-refractivity contribution in [2.75, 3.05) is 6.54 Å². The second kappa shape index (κ2) is 5.14. The van der Waals surface area contributed by atoms with Crippen molar-refractivity contribution in [3.05, 3.63) is 36.6 Å². The van der Waals surface area contributed by atoms with Crippen LogP contribution in [0.4, 0.5) is 0 Å². The number of carboxylic acid groups (broad SMARTS) is 1. The molecule has 0 atom stereocenters. The molecule has 4 nitrogen and oxygen atoms in total. The van der Waals surface area contributed by atoms with Gasteiger partial charge in [0.05, 0.1) is 0 Å². The van der Waals surface area contributed by atoms with E-state index in [0.717, 1.165) is 0 Å². The van der Waals surface area contributed by atoms with Crippen LogP contribution in [-0.2, 0) is 9.59 Å². The molecule has 0 unspecified atom stereocenters. The summed E-state index contributed by atoms with van der Waals surface area (Å²) in [5, 5.41) is 8.69. The van der Waals surface area contributed by atoms with Crippen molar-refractivity contribution < 1.29 is 14.7 Å². The molecule has 80 valence electrons. The average molecular weight is 207 g/mol. The lowest BCUT2D eigenvalue weighted by atomic mass is 10.2. The Bertz CT molecular complexity index is 342. The first-order chi connectivity index (χ1) is 7.15. The summed E-state index contributed by atoms with van der Waals surface area (Å²) in [6, 6.07) is 0. The van der Waals surface area contributed by atoms with E-state index >= 15 is 0 Å². The van der Waals surface area contributed by atoms with Crippen molar-refractivity contribution >= 4 is 11.9 Å². The van der Waals surface area contributed by atoms with E-state index in [-0.39, 0.29) is 18.9 Å². The molecule has 1 aliphatic rings. The number of nitrogens with zero attached hydrogens (tertiary/aromatic N) is 1. The Morgan fingerprint density at radius 1 is 1.67 bits per heavy atom. The van der Waals surface area contributed by atoms with Crippen molar-refractivity contribution in [3.63, 3.8) is 0 Å². The smallest absolute Gasteiger partial charge is 0.323 e. The molecule has 0 radical (unpaired) electrons. The minimum atomic E-state index is -1.01. The third-order valence-corrected chi connectivity index (χ3v) is 2.01. The van der Waals surface area contributed by atoms with Gasteiger partial charge in [-0.05, 0) is 6.08 Å². The van der Waals surface area contributed by atoms with Crippen LogP contribution in [0.2, 0.25) is 0 Å². The Morgan fingerprint density at radius 2 is 2.40 bits per heavy atom. The number of carbonyl (C=O) groups is 2. The van der Waals surface area contributed by atoms with E-state index in [2.05, 4.69) is 6.58 Å². The lowest BCUT2D eigenvalue weighted by Crippen LogP contribution is -2.34. The van der Waals surface area contributed by atoms with Crippen LogP contribution >= 0.6 is 0 Å². The summed E-state index contributed by atoms with van der Waals surface area (Å²) >= 11 is 0. The molecule has 1 heterocycles. The third kappa shape index (κ3) is 3.09. The van der Waals surface area contributed by atoms with Crippen LogP contribution in [0.5, 0.6) is 0 Å². The summed E-state index contributed by atoms with van der Waals surface area (Å²) in [4.78, 5) is 23.5. The van der Waals surface area contributed by atoms with Crippen LogP contribution in [-0.4, -0.2) is 28.4 Å². The van der Waals surface area contributed by atoms with Gasteiger partial charge in [-0.15, -0.1) is 6.58 Å². The van der Waals surface area contributed by atoms with Crippen molar-refractivity contribution in [3.8, 4) is 0 Å². The lowest BCUT2D eigenvalue weighted by molar-refractivity contribution is -0.142. The van der Waals surface area contributed by atoms with Crippen molar-refractivity contribution in [1.29, 1.82) is 0 Å². The molecule has 0 aliphatic carbocycles. The van der Waals surface area contributed by atoms with Crippen LogP contribution in [0.15, 0.2) is 36.6 Å². The molecule has 15 heavy (non-hydrogen) atoms. The van der Waals surface area contributed by atoms with E-state index < -0.39 is 5.97 Å². The molecule has 1 rings (SSSR count). The zero-order valence-electron chi connectivity index (χ0n) is 8.35. The molecular formula is C11H13NO3. The number of rotatable bonds is 4. The van der Waals surface area contributed by atoms with Crippen LogP contribution in [0.1, 0.15) is 12.8 Å². The van der Waals surface area contributed by atoms with Crippen molar-refractivity contribution in [1.82, 2.24) is 4.90 Å². The van der Waals surface area contributed by atoms with Crippen LogP contribution in [0, 0.1) is 0 Å². The van der Waals surface area contributed by atoms with Gasteiger partial charge >= 0.3 is 5.97 Å². The van der Waals surface area contributed by atoms with Gasteiger partial charge < -0.3 is 10.0 Å². The van der Waals surface area contributed by atoms with E-state index in [1.165, 1.54) is 4.90 Å². The standard InChI is InChI=1S/C11H13NO3/c1-2-5-9-6-3-4-7-10(13)12(9)8-11(14)15/h2-4,6H,1,5,7-8H2,(H,14,15). The molecular weight excluding hydrogens is 194 g/mol. The summed E-state index contributed by atoms with van der Waals surface area (Å²) in [5.74, 6) is -1.21. The molecule has 0 saturated heterocycles. The number of carbonyl (C=O) groups excluding carboxylic acids is 1. The maximum atomic E-state index is 11.6. The number of hydrogen-bond acceptors (Lipinski definition) is 2. The molecule has 0 saturated carbocycles. The van der Waals surface area contributed by atoms with Crippen LogP contribution in [0.3, 0.4) is 0 Å². The van der Waals surface area contributed by atoms with Gasteiger partial charge in [0, 0.05) is 18.5 Å². The molecule has 0 aromatic carbocycles. The van der Waals surface area contributed by atoms with Gasteiger partial charge in [0.1, 0.15) is 6.54 Å². The Hall–Kier alpha value is -1.84. The van der Waals surface area contributed by atoms with Crippen LogP contribution < -0.4 is 0 Å². The van der Waals surface area contributed by atoms with Gasteiger partial charge in [0.2, 0.25) is 5.91 Å². The zero-order chi connectivity index (χ0) is 11.3. The van der Waals surface area contributed by atoms with E-state index in [1.54, 1.807) is 24.3 Å². The Morgan fingerprint density at radius 3 is 3.00 bits per heavy atom. The van der Waals surface area contributed by atoms with Gasteiger partial charge in [-0.2, -0.15) is 0 Å².